The smallest absolute Gasteiger partial charge is 0.266 e. The van der Waals surface area contributed by atoms with Gasteiger partial charge in [0.2, 0.25) is 0 Å². The van der Waals surface area contributed by atoms with E-state index >= 15 is 0 Å². The maximum Gasteiger partial charge on any atom is 0.287 e. The second-order valence-electron chi connectivity index (χ2n) is 4.10. The molecule has 0 aliphatic carbocycles. The van der Waals surface area contributed by atoms with Crippen molar-refractivity contribution < 1.29 is 0 Å². The van der Waals surface area contributed by atoms with E-state index in [0.29, 0.717) is 22.1 Å². The minimum atomic E-state index is -0.489. The molecule has 21 heavy (non-hydrogen) atoms. The van der Waals surface area contributed by atoms with E-state index in [4.69, 9.17) is 0 Å². The maximum atomic E-state index is 12.6. The van der Waals surface area contributed by atoms with Gasteiger partial charge >= 0.3 is 0 Å². The van der Waals surface area contributed by atoms with Gasteiger partial charge in [0.1, 0.15) is 16.6 Å². The predicted molar refractivity (Wildman–Crippen MR) is 63.1 cm³/mol. The van der Waals surface area contributed by atoms with Crippen molar-refractivity contribution in [3.8, 4) is 0 Å². The highest BCUT2D eigenvalue weighted by molar-refractivity contribution is 6.13. The van der Waals surface area contributed by atoms with E-state index in [1.165, 1.54) is 4.40 Å². The van der Waals surface area contributed by atoms with Crippen LogP contribution in [0.2, 0.25) is 0 Å². The lowest BCUT2D eigenvalue weighted by Crippen LogP contribution is -2.17. The third-order valence-corrected chi connectivity index (χ3v) is 3.12. The monoisotopic (exact) mass is 280 g/mol. The highest BCUT2D eigenvalue weighted by atomic mass is 16.1. The molecule has 0 aliphatic rings. The van der Waals surface area contributed by atoms with Crippen LogP contribution in [0.1, 0.15) is 0 Å². The first kappa shape index (κ1) is 10.2. The summed E-state index contributed by atoms with van der Waals surface area (Å²) in [5, 5.41) is 40.3. The Hall–Kier alpha value is -3.64. The predicted octanol–water partition coefficient (Wildman–Crippen LogP) is -2.46. The summed E-state index contributed by atoms with van der Waals surface area (Å²) < 4.78 is 1.25. The Bertz CT molecular complexity index is 1210. The lowest BCUT2D eigenvalue weighted by atomic mass is 10.3. The highest BCUT2D eigenvalue weighted by Crippen LogP contribution is 2.26. The molecule has 0 atom stereocenters. The Morgan fingerprint density at radius 1 is 0.571 bits per heavy atom. The van der Waals surface area contributed by atoms with Crippen molar-refractivity contribution >= 4 is 38.7 Å². The molecule has 0 bridgehead atoms. The van der Waals surface area contributed by atoms with Gasteiger partial charge in [-0.05, 0) is 26.1 Å². The molecule has 0 aromatic carbocycles. The molecule has 5 heterocycles. The Kier molecular flexibility index (Phi) is 1.59. The molecule has 0 saturated heterocycles. The van der Waals surface area contributed by atoms with Gasteiger partial charge in [-0.3, -0.25) is 9.20 Å². The van der Waals surface area contributed by atoms with Crippen LogP contribution < -0.4 is 5.56 Å². The summed E-state index contributed by atoms with van der Waals surface area (Å²) in [6.45, 7) is 0. The highest BCUT2D eigenvalue weighted by Gasteiger charge is 2.23. The molecule has 0 amide bonds. The van der Waals surface area contributed by atoms with Crippen LogP contribution in [0, 0.1) is 0 Å². The Balaban J connectivity index is 2.33. The van der Waals surface area contributed by atoms with Gasteiger partial charge in [-0.1, -0.05) is 0 Å². The van der Waals surface area contributed by atoms with Gasteiger partial charge in [0.15, 0.2) is 22.2 Å². The fourth-order valence-electron chi connectivity index (χ4n) is 2.31. The molecule has 98 valence electrons. The Labute approximate surface area is 111 Å². The molecule has 0 unspecified atom stereocenters. The average Bonchev–Trinajstić information content (AvgIpc) is 2.89. The van der Waals surface area contributed by atoms with Gasteiger partial charge in [0.25, 0.3) is 5.56 Å². The average molecular weight is 280 g/mol. The molecule has 0 radical (unpaired) electrons. The summed E-state index contributed by atoms with van der Waals surface area (Å²) in [5.74, 6) is 0. The molecule has 0 aliphatic heterocycles. The van der Waals surface area contributed by atoms with E-state index in [2.05, 4.69) is 56.7 Å². The summed E-state index contributed by atoms with van der Waals surface area (Å²) >= 11 is 0. The van der Waals surface area contributed by atoms with E-state index in [-0.39, 0.29) is 16.7 Å². The third kappa shape index (κ3) is 1.06. The minimum Gasteiger partial charge on any atom is -0.266 e. The summed E-state index contributed by atoms with van der Waals surface area (Å²) in [7, 11) is 0. The van der Waals surface area contributed by atoms with Crippen LogP contribution in [0.4, 0.5) is 0 Å². The fourth-order valence-corrected chi connectivity index (χ4v) is 2.31. The van der Waals surface area contributed by atoms with Crippen LogP contribution in [0.3, 0.4) is 0 Å². The number of fused-ring (bicyclic) bond motifs is 5. The topological polar surface area (TPSA) is 163 Å². The first-order valence-corrected chi connectivity index (χ1v) is 5.57. The zero-order valence-corrected chi connectivity index (χ0v) is 9.77. The summed E-state index contributed by atoms with van der Waals surface area (Å²) in [4.78, 5) is 12.6. The number of aromatic nitrogens is 12. The third-order valence-electron chi connectivity index (χ3n) is 3.12. The number of rotatable bonds is 0. The molecule has 0 spiro atoms. The minimum absolute atomic E-state index is 0.00425. The quantitative estimate of drug-likeness (QED) is 0.275. The van der Waals surface area contributed by atoms with Crippen molar-refractivity contribution in [3.63, 3.8) is 0 Å². The molecule has 0 fully saturated rings. The lowest BCUT2D eigenvalue weighted by molar-refractivity contribution is 0.785. The second kappa shape index (κ2) is 3.27. The first-order chi connectivity index (χ1) is 10.4. The van der Waals surface area contributed by atoms with E-state index in [9.17, 15) is 4.79 Å². The van der Waals surface area contributed by atoms with Gasteiger partial charge in [0.05, 0.1) is 0 Å². The van der Waals surface area contributed by atoms with Crippen LogP contribution in [0.15, 0.2) is 4.79 Å². The largest absolute Gasteiger partial charge is 0.287 e. The molecule has 0 N–H and O–H groups in total. The van der Waals surface area contributed by atoms with E-state index in [1.54, 1.807) is 0 Å². The molecule has 13 nitrogen and oxygen atoms in total. The van der Waals surface area contributed by atoms with Crippen molar-refractivity contribution in [3.05, 3.63) is 10.4 Å². The number of pyridine rings is 1. The van der Waals surface area contributed by atoms with E-state index in [0.717, 1.165) is 0 Å². The van der Waals surface area contributed by atoms with Gasteiger partial charge in [0, 0.05) is 0 Å². The first-order valence-electron chi connectivity index (χ1n) is 5.57. The molecule has 5 aromatic heterocycles. The number of nitrogens with zero attached hydrogens (tertiary/aromatic N) is 12. The molecular formula is C8N12O. The molecule has 5 aromatic rings. The van der Waals surface area contributed by atoms with Gasteiger partial charge < -0.3 is 0 Å². The summed E-state index contributed by atoms with van der Waals surface area (Å²) in [6, 6.07) is 0. The Morgan fingerprint density at radius 2 is 1.14 bits per heavy atom. The van der Waals surface area contributed by atoms with E-state index in [1.807, 2.05) is 0 Å². The van der Waals surface area contributed by atoms with Crippen molar-refractivity contribution in [1.29, 1.82) is 0 Å². The molecule has 0 saturated carbocycles. The van der Waals surface area contributed by atoms with Crippen LogP contribution in [0.25, 0.3) is 38.7 Å². The van der Waals surface area contributed by atoms with Crippen LogP contribution in [-0.4, -0.2) is 61.1 Å². The van der Waals surface area contributed by atoms with Gasteiger partial charge in [-0.25, -0.2) is 0 Å². The molecule has 5 rings (SSSR count). The molecular weight excluding hydrogens is 280 g/mol. The van der Waals surface area contributed by atoms with Crippen LogP contribution >= 0.6 is 0 Å². The molecule has 13 heteroatoms. The van der Waals surface area contributed by atoms with Crippen molar-refractivity contribution in [1.82, 2.24) is 61.1 Å². The summed E-state index contributed by atoms with van der Waals surface area (Å²) in [6.07, 6.45) is 0. The van der Waals surface area contributed by atoms with Crippen molar-refractivity contribution in [2.45, 2.75) is 0 Å². The van der Waals surface area contributed by atoms with Crippen LogP contribution in [0.5, 0.6) is 0 Å². The van der Waals surface area contributed by atoms with Crippen molar-refractivity contribution in [2.75, 3.05) is 0 Å². The van der Waals surface area contributed by atoms with Gasteiger partial charge in [-0.15, -0.1) is 30.6 Å². The fraction of sp³-hybridized carbons (Fsp3) is 0. The maximum absolute atomic E-state index is 12.6. The summed E-state index contributed by atoms with van der Waals surface area (Å²) in [5.41, 5.74) is 1.18. The zero-order chi connectivity index (χ0) is 14.0. The van der Waals surface area contributed by atoms with E-state index < -0.39 is 5.56 Å². The lowest BCUT2D eigenvalue weighted by Gasteiger charge is -1.99. The second-order valence-corrected chi connectivity index (χ2v) is 4.10. The van der Waals surface area contributed by atoms with Gasteiger partial charge in [-0.2, -0.15) is 0 Å². The zero-order valence-electron chi connectivity index (χ0n) is 9.77. The normalized spacial score (nSPS) is 12.0. The number of hydrogen-bond donors (Lipinski definition) is 0. The standard InChI is InChI=1S/C8N12O/c21-8-5-1(9-16-18-13-5)2-6-3(11-15-10-2)4-7(20(6)8)14-19-17-12-4. The SMILES string of the molecule is O=c1c2nnnnc2c2nnnc3c4nnnnc4n1c23. The van der Waals surface area contributed by atoms with Crippen LogP contribution in [-0.2, 0) is 0 Å². The Morgan fingerprint density at radius 3 is 1.95 bits per heavy atom. The van der Waals surface area contributed by atoms with Crippen molar-refractivity contribution in [2.24, 2.45) is 0 Å². The number of hydrogen-bond acceptors (Lipinski definition) is 12.